The average molecular weight is 306 g/mol. The second-order valence-electron chi connectivity index (χ2n) is 5.72. The summed E-state index contributed by atoms with van der Waals surface area (Å²) in [6.07, 6.45) is 3.81. The highest BCUT2D eigenvalue weighted by molar-refractivity contribution is 7.81. The zero-order valence-electron chi connectivity index (χ0n) is 12.8. The second-order valence-corrected chi connectivity index (χ2v) is 6.34. The first-order chi connectivity index (χ1) is 10.2. The molecule has 1 saturated heterocycles. The molecule has 1 aromatic carbocycles. The van der Waals surface area contributed by atoms with Crippen LogP contribution in [0.2, 0.25) is 0 Å². The molecule has 0 radical (unpaired) electrons. The summed E-state index contributed by atoms with van der Waals surface area (Å²) < 4.78 is 0. The Balaban J connectivity index is 1.99. The minimum atomic E-state index is -0.242. The van der Waals surface area contributed by atoms with E-state index in [4.69, 9.17) is 0 Å². The van der Waals surface area contributed by atoms with E-state index in [0.717, 1.165) is 38.9 Å². The third kappa shape index (κ3) is 4.75. The first-order valence-electron chi connectivity index (χ1n) is 7.95. The predicted molar refractivity (Wildman–Crippen MR) is 90.8 cm³/mol. The van der Waals surface area contributed by atoms with Crippen LogP contribution >= 0.6 is 12.6 Å². The number of nitrogens with zero attached hydrogens (tertiary/aromatic N) is 1. The lowest BCUT2D eigenvalue weighted by molar-refractivity contribution is -0.133. The fourth-order valence-electron chi connectivity index (χ4n) is 2.95. The first kappa shape index (κ1) is 16.4. The van der Waals surface area contributed by atoms with Gasteiger partial charge in [0.1, 0.15) is 0 Å². The fourth-order valence-corrected chi connectivity index (χ4v) is 3.31. The van der Waals surface area contributed by atoms with E-state index in [2.05, 4.69) is 41.9 Å². The third-order valence-corrected chi connectivity index (χ3v) is 4.46. The Bertz CT molecular complexity index is 432. The fraction of sp³-hybridized carbons (Fsp3) is 0.588. The van der Waals surface area contributed by atoms with Crippen molar-refractivity contribution in [3.05, 3.63) is 35.9 Å². The molecule has 1 atom stereocenters. The zero-order chi connectivity index (χ0) is 15.1. The van der Waals surface area contributed by atoms with Crippen LogP contribution in [-0.4, -0.2) is 41.7 Å². The molecule has 1 fully saturated rings. The summed E-state index contributed by atoms with van der Waals surface area (Å²) in [5, 5.41) is 3.12. The van der Waals surface area contributed by atoms with Crippen molar-refractivity contribution in [1.82, 2.24) is 10.2 Å². The number of rotatable bonds is 6. The van der Waals surface area contributed by atoms with Gasteiger partial charge in [0.15, 0.2) is 0 Å². The number of hydrogen-bond acceptors (Lipinski definition) is 3. The van der Waals surface area contributed by atoms with Crippen molar-refractivity contribution < 1.29 is 4.79 Å². The standard InChI is InChI=1S/C17H26N2OS/c1-2-12-19(15-8-10-18-11-9-15)17(20)16(21)13-14-6-4-3-5-7-14/h3-7,15-16,18,21H,2,8-13H2,1H3. The summed E-state index contributed by atoms with van der Waals surface area (Å²) in [6, 6.07) is 10.5. The summed E-state index contributed by atoms with van der Waals surface area (Å²) in [5.74, 6) is 0.191. The van der Waals surface area contributed by atoms with E-state index in [1.165, 1.54) is 5.56 Å². The number of thiol groups is 1. The molecular weight excluding hydrogens is 280 g/mol. The van der Waals surface area contributed by atoms with Crippen molar-refractivity contribution in [3.63, 3.8) is 0 Å². The van der Waals surface area contributed by atoms with Crippen LogP contribution in [0, 0.1) is 0 Å². The van der Waals surface area contributed by atoms with Crippen molar-refractivity contribution in [1.29, 1.82) is 0 Å². The molecule has 0 bridgehead atoms. The maximum Gasteiger partial charge on any atom is 0.236 e. The van der Waals surface area contributed by atoms with E-state index in [-0.39, 0.29) is 11.2 Å². The molecule has 1 aliphatic rings. The number of hydrogen-bond donors (Lipinski definition) is 2. The number of amides is 1. The van der Waals surface area contributed by atoms with Crippen LogP contribution in [-0.2, 0) is 11.2 Å². The van der Waals surface area contributed by atoms with Gasteiger partial charge in [-0.15, -0.1) is 0 Å². The average Bonchev–Trinajstić information content (AvgIpc) is 2.53. The lowest BCUT2D eigenvalue weighted by Gasteiger charge is -2.36. The minimum Gasteiger partial charge on any atom is -0.339 e. The molecular formula is C17H26N2OS. The monoisotopic (exact) mass is 306 g/mol. The molecule has 1 N–H and O–H groups in total. The summed E-state index contributed by atoms with van der Waals surface area (Å²) in [4.78, 5) is 14.8. The van der Waals surface area contributed by atoms with E-state index in [9.17, 15) is 4.79 Å². The highest BCUT2D eigenvalue weighted by Crippen LogP contribution is 2.17. The number of piperidine rings is 1. The van der Waals surface area contributed by atoms with E-state index >= 15 is 0 Å². The van der Waals surface area contributed by atoms with Crippen LogP contribution in [0.4, 0.5) is 0 Å². The highest BCUT2D eigenvalue weighted by atomic mass is 32.1. The van der Waals surface area contributed by atoms with Crippen LogP contribution in [0.5, 0.6) is 0 Å². The van der Waals surface area contributed by atoms with Gasteiger partial charge in [0.25, 0.3) is 0 Å². The lowest BCUT2D eigenvalue weighted by Crippen LogP contribution is -2.49. The van der Waals surface area contributed by atoms with Crippen LogP contribution in [0.3, 0.4) is 0 Å². The van der Waals surface area contributed by atoms with Gasteiger partial charge in [-0.25, -0.2) is 0 Å². The topological polar surface area (TPSA) is 32.3 Å². The van der Waals surface area contributed by atoms with Crippen molar-refractivity contribution in [2.75, 3.05) is 19.6 Å². The maximum atomic E-state index is 12.8. The Morgan fingerprint density at radius 2 is 2.00 bits per heavy atom. The van der Waals surface area contributed by atoms with Crippen LogP contribution in [0.25, 0.3) is 0 Å². The van der Waals surface area contributed by atoms with E-state index in [0.29, 0.717) is 12.5 Å². The van der Waals surface area contributed by atoms with Crippen LogP contribution in [0.15, 0.2) is 30.3 Å². The first-order valence-corrected chi connectivity index (χ1v) is 8.47. The zero-order valence-corrected chi connectivity index (χ0v) is 13.7. The molecule has 1 amide bonds. The van der Waals surface area contributed by atoms with Gasteiger partial charge in [0, 0.05) is 12.6 Å². The molecule has 0 spiro atoms. The highest BCUT2D eigenvalue weighted by Gasteiger charge is 2.28. The van der Waals surface area contributed by atoms with Gasteiger partial charge in [-0.2, -0.15) is 12.6 Å². The number of carbonyl (C=O) groups excluding carboxylic acids is 1. The SMILES string of the molecule is CCCN(C(=O)C(S)Cc1ccccc1)C1CCNCC1. The molecule has 1 aromatic rings. The van der Waals surface area contributed by atoms with Gasteiger partial charge in [0.2, 0.25) is 5.91 Å². The molecule has 0 aliphatic carbocycles. The molecule has 1 aliphatic heterocycles. The van der Waals surface area contributed by atoms with Gasteiger partial charge in [-0.05, 0) is 44.3 Å². The summed E-state index contributed by atoms with van der Waals surface area (Å²) in [7, 11) is 0. The van der Waals surface area contributed by atoms with Gasteiger partial charge in [0.05, 0.1) is 5.25 Å². The normalized spacial score (nSPS) is 17.4. The quantitative estimate of drug-likeness (QED) is 0.792. The molecule has 2 rings (SSSR count). The molecule has 1 heterocycles. The van der Waals surface area contributed by atoms with Crippen molar-refractivity contribution in [3.8, 4) is 0 Å². The summed E-state index contributed by atoms with van der Waals surface area (Å²) in [6.45, 7) is 4.99. The molecule has 0 aromatic heterocycles. The molecule has 4 heteroatoms. The summed E-state index contributed by atoms with van der Waals surface area (Å²) >= 11 is 4.58. The summed E-state index contributed by atoms with van der Waals surface area (Å²) in [5.41, 5.74) is 1.17. The van der Waals surface area contributed by atoms with Crippen LogP contribution in [0.1, 0.15) is 31.7 Å². The Hall–Kier alpha value is -1.00. The Morgan fingerprint density at radius 3 is 2.62 bits per heavy atom. The smallest absolute Gasteiger partial charge is 0.236 e. The molecule has 116 valence electrons. The van der Waals surface area contributed by atoms with E-state index < -0.39 is 0 Å². The maximum absolute atomic E-state index is 12.8. The molecule has 1 unspecified atom stereocenters. The van der Waals surface area contributed by atoms with Gasteiger partial charge >= 0.3 is 0 Å². The van der Waals surface area contributed by atoms with Gasteiger partial charge in [-0.1, -0.05) is 37.3 Å². The minimum absolute atomic E-state index is 0.191. The second kappa shape index (κ2) is 8.44. The van der Waals surface area contributed by atoms with Crippen LogP contribution < -0.4 is 5.32 Å². The van der Waals surface area contributed by atoms with Gasteiger partial charge in [-0.3, -0.25) is 4.79 Å². The number of benzene rings is 1. The Labute approximate surface area is 133 Å². The Kier molecular flexibility index (Phi) is 6.58. The number of nitrogens with one attached hydrogen (secondary N) is 1. The number of carbonyl (C=O) groups is 1. The van der Waals surface area contributed by atoms with Gasteiger partial charge < -0.3 is 10.2 Å². The molecule has 0 saturated carbocycles. The van der Waals surface area contributed by atoms with E-state index in [1.807, 2.05) is 18.2 Å². The predicted octanol–water partition coefficient (Wildman–Crippen LogP) is 2.52. The Morgan fingerprint density at radius 1 is 1.33 bits per heavy atom. The third-order valence-electron chi connectivity index (χ3n) is 4.05. The largest absolute Gasteiger partial charge is 0.339 e. The van der Waals surface area contributed by atoms with Crippen molar-refractivity contribution in [2.24, 2.45) is 0 Å². The lowest BCUT2D eigenvalue weighted by atomic mass is 10.0. The van der Waals surface area contributed by atoms with Crippen molar-refractivity contribution in [2.45, 2.75) is 43.9 Å². The molecule has 3 nitrogen and oxygen atoms in total. The van der Waals surface area contributed by atoms with Crippen molar-refractivity contribution >= 4 is 18.5 Å². The molecule has 21 heavy (non-hydrogen) atoms. The van der Waals surface area contributed by atoms with E-state index in [1.54, 1.807) is 0 Å².